The lowest BCUT2D eigenvalue weighted by Gasteiger charge is -2.15. The predicted octanol–water partition coefficient (Wildman–Crippen LogP) is 3.52. The molecule has 2 N–H and O–H groups in total. The molecule has 0 fully saturated rings. The average molecular weight is 263 g/mol. The molecule has 2 rings (SSSR count). The highest BCUT2D eigenvalue weighted by molar-refractivity contribution is 5.27. The number of nitrogens with one attached hydrogen (secondary N) is 1. The van der Waals surface area contributed by atoms with Gasteiger partial charge in [-0.05, 0) is 30.7 Å². The van der Waals surface area contributed by atoms with Crippen LogP contribution in [0.25, 0.3) is 0 Å². The number of halogens is 2. The molecule has 0 aliphatic rings. The van der Waals surface area contributed by atoms with Crippen LogP contribution in [0.15, 0.2) is 42.5 Å². The van der Waals surface area contributed by atoms with E-state index in [0.717, 1.165) is 11.6 Å². The van der Waals surface area contributed by atoms with Gasteiger partial charge in [0.15, 0.2) is 0 Å². The van der Waals surface area contributed by atoms with Gasteiger partial charge in [-0.15, -0.1) is 0 Å². The maximum atomic E-state index is 13.6. The zero-order valence-electron chi connectivity index (χ0n) is 10.5. The van der Waals surface area contributed by atoms with Crippen molar-refractivity contribution in [3.63, 3.8) is 0 Å². The smallest absolute Gasteiger partial charge is 0.130 e. The molecule has 0 saturated carbocycles. The van der Waals surface area contributed by atoms with Crippen molar-refractivity contribution in [2.24, 2.45) is 0 Å². The Morgan fingerprint density at radius 2 is 1.95 bits per heavy atom. The van der Waals surface area contributed by atoms with Gasteiger partial charge in [-0.1, -0.05) is 18.2 Å². The van der Waals surface area contributed by atoms with Crippen LogP contribution in [0.3, 0.4) is 0 Å². The molecule has 0 radical (unpaired) electrons. The van der Waals surface area contributed by atoms with Crippen LogP contribution in [0.2, 0.25) is 0 Å². The van der Waals surface area contributed by atoms with E-state index < -0.39 is 11.6 Å². The molecular formula is C15H15F2NO. The zero-order chi connectivity index (χ0) is 13.8. The zero-order valence-corrected chi connectivity index (χ0v) is 10.5. The molecule has 0 aliphatic heterocycles. The second kappa shape index (κ2) is 5.80. The van der Waals surface area contributed by atoms with Gasteiger partial charge in [0, 0.05) is 24.2 Å². The fourth-order valence-electron chi connectivity index (χ4n) is 1.90. The first-order valence-electron chi connectivity index (χ1n) is 6.02. The molecule has 0 saturated heterocycles. The summed E-state index contributed by atoms with van der Waals surface area (Å²) >= 11 is 0. The van der Waals surface area contributed by atoms with E-state index in [4.69, 9.17) is 0 Å². The van der Waals surface area contributed by atoms with E-state index in [2.05, 4.69) is 5.32 Å². The molecule has 0 aliphatic carbocycles. The molecule has 2 aromatic rings. The van der Waals surface area contributed by atoms with E-state index in [1.54, 1.807) is 25.1 Å². The van der Waals surface area contributed by atoms with Gasteiger partial charge in [-0.25, -0.2) is 8.78 Å². The summed E-state index contributed by atoms with van der Waals surface area (Å²) in [6, 6.07) is 10.1. The van der Waals surface area contributed by atoms with Crippen molar-refractivity contribution in [3.8, 4) is 5.75 Å². The Morgan fingerprint density at radius 3 is 2.63 bits per heavy atom. The Bertz CT molecular complexity index is 572. The summed E-state index contributed by atoms with van der Waals surface area (Å²) in [5.74, 6) is -0.947. The lowest BCUT2D eigenvalue weighted by atomic mass is 10.1. The highest BCUT2D eigenvalue weighted by Gasteiger charge is 2.11. The average Bonchev–Trinajstić information content (AvgIpc) is 2.36. The molecule has 2 aromatic carbocycles. The summed E-state index contributed by atoms with van der Waals surface area (Å²) in [6.45, 7) is 2.30. The Labute approximate surface area is 110 Å². The van der Waals surface area contributed by atoms with Gasteiger partial charge in [-0.2, -0.15) is 0 Å². The molecule has 100 valence electrons. The van der Waals surface area contributed by atoms with Crippen LogP contribution >= 0.6 is 0 Å². The minimum atomic E-state index is -0.582. The van der Waals surface area contributed by atoms with Crippen molar-refractivity contribution in [3.05, 3.63) is 65.2 Å². The van der Waals surface area contributed by atoms with Crippen molar-refractivity contribution in [2.45, 2.75) is 19.5 Å². The number of hydrogen-bond donors (Lipinski definition) is 2. The van der Waals surface area contributed by atoms with Crippen LogP contribution in [0.4, 0.5) is 8.78 Å². The maximum Gasteiger partial charge on any atom is 0.130 e. The maximum absolute atomic E-state index is 13.6. The van der Waals surface area contributed by atoms with E-state index in [0.29, 0.717) is 12.1 Å². The molecule has 0 heterocycles. The van der Waals surface area contributed by atoms with Crippen LogP contribution in [-0.2, 0) is 6.54 Å². The van der Waals surface area contributed by atoms with Gasteiger partial charge in [0.25, 0.3) is 0 Å². The van der Waals surface area contributed by atoms with Crippen molar-refractivity contribution in [1.82, 2.24) is 5.32 Å². The highest BCUT2D eigenvalue weighted by atomic mass is 19.1. The molecule has 0 aromatic heterocycles. The van der Waals surface area contributed by atoms with Gasteiger partial charge in [0.2, 0.25) is 0 Å². The van der Waals surface area contributed by atoms with E-state index >= 15 is 0 Å². The minimum absolute atomic E-state index is 0.194. The third-order valence-corrected chi connectivity index (χ3v) is 2.95. The Morgan fingerprint density at radius 1 is 1.16 bits per heavy atom. The molecule has 2 nitrogen and oxygen atoms in total. The number of phenolic OH excluding ortho intramolecular Hbond substituents is 1. The molecule has 1 unspecified atom stereocenters. The van der Waals surface area contributed by atoms with Gasteiger partial charge < -0.3 is 10.4 Å². The van der Waals surface area contributed by atoms with Crippen molar-refractivity contribution in [1.29, 1.82) is 0 Å². The largest absolute Gasteiger partial charge is 0.508 e. The van der Waals surface area contributed by atoms with Gasteiger partial charge in [0.05, 0.1) is 0 Å². The van der Waals surface area contributed by atoms with E-state index in [1.165, 1.54) is 12.1 Å². The molecular weight excluding hydrogens is 248 g/mol. The highest BCUT2D eigenvalue weighted by Crippen LogP contribution is 2.18. The Kier molecular flexibility index (Phi) is 4.12. The summed E-state index contributed by atoms with van der Waals surface area (Å²) in [4.78, 5) is 0. The summed E-state index contributed by atoms with van der Waals surface area (Å²) in [6.07, 6.45) is 0. The van der Waals surface area contributed by atoms with Gasteiger partial charge in [0.1, 0.15) is 17.4 Å². The first kappa shape index (κ1) is 13.5. The number of phenols is 1. The van der Waals surface area contributed by atoms with Crippen LogP contribution in [0.5, 0.6) is 5.75 Å². The molecule has 1 atom stereocenters. The second-order valence-electron chi connectivity index (χ2n) is 4.44. The quantitative estimate of drug-likeness (QED) is 0.884. The van der Waals surface area contributed by atoms with E-state index in [1.807, 2.05) is 6.07 Å². The first-order chi connectivity index (χ1) is 9.06. The first-order valence-corrected chi connectivity index (χ1v) is 6.02. The van der Waals surface area contributed by atoms with Crippen LogP contribution in [0, 0.1) is 11.6 Å². The standard InChI is InChI=1S/C15H15F2NO/c1-10(14-6-5-12(16)8-15(14)17)18-9-11-3-2-4-13(19)7-11/h2-8,10,18-19H,9H2,1H3. The van der Waals surface area contributed by atoms with Crippen molar-refractivity contribution < 1.29 is 13.9 Å². The van der Waals surface area contributed by atoms with E-state index in [9.17, 15) is 13.9 Å². The third kappa shape index (κ3) is 3.51. The van der Waals surface area contributed by atoms with Crippen molar-refractivity contribution in [2.75, 3.05) is 0 Å². The number of aromatic hydroxyl groups is 1. The lowest BCUT2D eigenvalue weighted by molar-refractivity contribution is 0.472. The molecule has 0 bridgehead atoms. The Hall–Kier alpha value is -1.94. The molecule has 0 spiro atoms. The number of hydrogen-bond acceptors (Lipinski definition) is 2. The van der Waals surface area contributed by atoms with Crippen molar-refractivity contribution >= 4 is 0 Å². The fourth-order valence-corrected chi connectivity index (χ4v) is 1.90. The van der Waals surface area contributed by atoms with Crippen LogP contribution in [-0.4, -0.2) is 5.11 Å². The SMILES string of the molecule is CC(NCc1cccc(O)c1)c1ccc(F)cc1F. The molecule has 19 heavy (non-hydrogen) atoms. The monoisotopic (exact) mass is 263 g/mol. The summed E-state index contributed by atoms with van der Waals surface area (Å²) in [5, 5.41) is 12.5. The number of rotatable bonds is 4. The van der Waals surface area contributed by atoms with E-state index in [-0.39, 0.29) is 11.8 Å². The van der Waals surface area contributed by atoms with Gasteiger partial charge >= 0.3 is 0 Å². The predicted molar refractivity (Wildman–Crippen MR) is 69.7 cm³/mol. The normalized spacial score (nSPS) is 12.4. The Balaban J connectivity index is 2.03. The lowest BCUT2D eigenvalue weighted by Crippen LogP contribution is -2.19. The summed E-state index contributed by atoms with van der Waals surface area (Å²) < 4.78 is 26.4. The topological polar surface area (TPSA) is 32.3 Å². The molecule has 0 amide bonds. The summed E-state index contributed by atoms with van der Waals surface area (Å²) in [7, 11) is 0. The summed E-state index contributed by atoms with van der Waals surface area (Å²) in [5.41, 5.74) is 1.32. The fraction of sp³-hybridized carbons (Fsp3) is 0.200. The van der Waals surface area contributed by atoms with Crippen LogP contribution < -0.4 is 5.32 Å². The number of benzene rings is 2. The second-order valence-corrected chi connectivity index (χ2v) is 4.44. The molecule has 4 heteroatoms. The third-order valence-electron chi connectivity index (χ3n) is 2.95. The van der Waals surface area contributed by atoms with Crippen LogP contribution in [0.1, 0.15) is 24.1 Å². The van der Waals surface area contributed by atoms with Gasteiger partial charge in [-0.3, -0.25) is 0 Å². The minimum Gasteiger partial charge on any atom is -0.508 e.